The summed E-state index contributed by atoms with van der Waals surface area (Å²) in [6, 6.07) is 9.75. The Hall–Kier alpha value is -2.01. The van der Waals surface area contributed by atoms with Crippen LogP contribution in [0.15, 0.2) is 47.2 Å². The summed E-state index contributed by atoms with van der Waals surface area (Å²) in [4.78, 5) is 25.6. The highest BCUT2D eigenvalue weighted by atomic mass is 32.2. The average Bonchev–Trinajstić information content (AvgIpc) is 2.62. The zero-order chi connectivity index (χ0) is 19.1. The number of thioether (sulfide) groups is 1. The summed E-state index contributed by atoms with van der Waals surface area (Å²) in [5.74, 6) is 0.108. The molecule has 0 fully saturated rings. The van der Waals surface area contributed by atoms with Crippen LogP contribution in [0.4, 0.5) is 0 Å². The number of ether oxygens (including phenoxy) is 1. The lowest BCUT2D eigenvalue weighted by Gasteiger charge is -2.31. The van der Waals surface area contributed by atoms with Crippen LogP contribution in [0.2, 0.25) is 0 Å². The molecule has 1 atom stereocenters. The molecular formula is C21H27NO3S. The van der Waals surface area contributed by atoms with Gasteiger partial charge in [0.05, 0.1) is 17.9 Å². The summed E-state index contributed by atoms with van der Waals surface area (Å²) in [5, 5.41) is 3.36. The Balaban J connectivity index is 2.61. The van der Waals surface area contributed by atoms with Gasteiger partial charge < -0.3 is 10.1 Å². The van der Waals surface area contributed by atoms with Gasteiger partial charge in [-0.25, -0.2) is 4.79 Å². The number of carbonyl (C=O) groups is 2. The Morgan fingerprint density at radius 2 is 1.81 bits per heavy atom. The van der Waals surface area contributed by atoms with Crippen LogP contribution in [0, 0.1) is 5.92 Å². The number of nitrogens with one attached hydrogen (secondary N) is 1. The van der Waals surface area contributed by atoms with E-state index in [4.69, 9.17) is 4.74 Å². The van der Waals surface area contributed by atoms with Crippen molar-refractivity contribution in [1.29, 1.82) is 0 Å². The second-order valence-corrected chi connectivity index (χ2v) is 7.34. The molecule has 4 nitrogen and oxygen atoms in total. The standard InChI is InChI=1S/C21H27NO3S/c1-5-11-16-17(21(24)26-7-3)14(4)22-19(15-12-9-8-10-13-15)18(16)20(23)25-6-2/h8-10,12-13,16,22H,5-7,11H2,1-4H3. The van der Waals surface area contributed by atoms with E-state index in [2.05, 4.69) is 12.2 Å². The number of dihydropyridines is 1. The quantitative estimate of drug-likeness (QED) is 0.712. The Bertz CT molecular complexity index is 722. The smallest absolute Gasteiger partial charge is 0.336 e. The molecule has 0 bridgehead atoms. The van der Waals surface area contributed by atoms with E-state index < -0.39 is 0 Å². The predicted molar refractivity (Wildman–Crippen MR) is 107 cm³/mol. The number of hydrogen-bond acceptors (Lipinski definition) is 5. The third-order valence-corrected chi connectivity index (χ3v) is 5.08. The highest BCUT2D eigenvalue weighted by molar-refractivity contribution is 8.14. The Morgan fingerprint density at radius 1 is 1.12 bits per heavy atom. The van der Waals surface area contributed by atoms with Crippen LogP contribution in [0.5, 0.6) is 0 Å². The maximum atomic E-state index is 12.8. The molecule has 0 spiro atoms. The van der Waals surface area contributed by atoms with Gasteiger partial charge >= 0.3 is 5.97 Å². The molecule has 0 radical (unpaired) electrons. The summed E-state index contributed by atoms with van der Waals surface area (Å²) in [6.45, 7) is 8.04. The van der Waals surface area contributed by atoms with Crippen molar-refractivity contribution < 1.29 is 14.3 Å². The summed E-state index contributed by atoms with van der Waals surface area (Å²) in [6.07, 6.45) is 1.60. The van der Waals surface area contributed by atoms with Gasteiger partial charge in [0.15, 0.2) is 0 Å². The van der Waals surface area contributed by atoms with E-state index in [0.717, 1.165) is 29.8 Å². The fourth-order valence-electron chi connectivity index (χ4n) is 3.27. The van der Waals surface area contributed by atoms with Gasteiger partial charge in [-0.2, -0.15) is 0 Å². The van der Waals surface area contributed by atoms with Crippen LogP contribution in [0.1, 0.15) is 46.1 Å². The fourth-order valence-corrected chi connectivity index (χ4v) is 3.98. The molecule has 0 aromatic heterocycles. The van der Waals surface area contributed by atoms with Crippen LogP contribution in [-0.2, 0) is 14.3 Å². The van der Waals surface area contributed by atoms with Gasteiger partial charge in [-0.15, -0.1) is 0 Å². The number of rotatable bonds is 7. The number of esters is 1. The molecule has 2 rings (SSSR count). The number of benzene rings is 1. The van der Waals surface area contributed by atoms with Crippen molar-refractivity contribution >= 4 is 28.5 Å². The summed E-state index contributed by atoms with van der Waals surface area (Å²) < 4.78 is 5.36. The van der Waals surface area contributed by atoms with Crippen LogP contribution in [0.3, 0.4) is 0 Å². The average molecular weight is 374 g/mol. The van der Waals surface area contributed by atoms with Gasteiger partial charge in [-0.05, 0) is 31.6 Å². The van der Waals surface area contributed by atoms with Gasteiger partial charge in [-0.1, -0.05) is 62.4 Å². The molecule has 0 saturated heterocycles. The van der Waals surface area contributed by atoms with E-state index in [0.29, 0.717) is 23.5 Å². The lowest BCUT2D eigenvalue weighted by molar-refractivity contribution is -0.139. The van der Waals surface area contributed by atoms with Crippen LogP contribution in [-0.4, -0.2) is 23.4 Å². The van der Waals surface area contributed by atoms with Gasteiger partial charge in [0.2, 0.25) is 5.12 Å². The molecule has 1 aromatic rings. The summed E-state index contributed by atoms with van der Waals surface area (Å²) in [7, 11) is 0. The summed E-state index contributed by atoms with van der Waals surface area (Å²) in [5.41, 5.74) is 3.75. The fraction of sp³-hybridized carbons (Fsp3) is 0.429. The first kappa shape index (κ1) is 20.3. The van der Waals surface area contributed by atoms with Crippen molar-refractivity contribution in [1.82, 2.24) is 5.32 Å². The highest BCUT2D eigenvalue weighted by Gasteiger charge is 2.36. The largest absolute Gasteiger partial charge is 0.463 e. The summed E-state index contributed by atoms with van der Waals surface area (Å²) >= 11 is 1.28. The lowest BCUT2D eigenvalue weighted by Crippen LogP contribution is -2.32. The van der Waals surface area contributed by atoms with Crippen molar-refractivity contribution in [3.05, 3.63) is 52.7 Å². The molecule has 1 N–H and O–H groups in total. The van der Waals surface area contributed by atoms with E-state index >= 15 is 0 Å². The van der Waals surface area contributed by atoms with E-state index in [9.17, 15) is 9.59 Å². The topological polar surface area (TPSA) is 55.4 Å². The Morgan fingerprint density at radius 3 is 2.38 bits per heavy atom. The molecule has 26 heavy (non-hydrogen) atoms. The predicted octanol–water partition coefficient (Wildman–Crippen LogP) is 4.53. The molecule has 1 heterocycles. The van der Waals surface area contributed by atoms with Gasteiger partial charge in [0, 0.05) is 17.2 Å². The minimum atomic E-state index is -0.350. The minimum Gasteiger partial charge on any atom is -0.463 e. The van der Waals surface area contributed by atoms with Crippen LogP contribution in [0.25, 0.3) is 5.70 Å². The molecule has 0 amide bonds. The van der Waals surface area contributed by atoms with E-state index in [1.54, 1.807) is 6.92 Å². The van der Waals surface area contributed by atoms with E-state index in [1.165, 1.54) is 11.8 Å². The van der Waals surface area contributed by atoms with Crippen LogP contribution < -0.4 is 5.32 Å². The normalized spacial score (nSPS) is 17.2. The second kappa shape index (κ2) is 9.62. The monoisotopic (exact) mass is 373 g/mol. The van der Waals surface area contributed by atoms with Gasteiger partial charge in [-0.3, -0.25) is 4.79 Å². The number of allylic oxidation sites excluding steroid dienone is 1. The second-order valence-electron chi connectivity index (χ2n) is 6.10. The van der Waals surface area contributed by atoms with Crippen LogP contribution >= 0.6 is 11.8 Å². The Labute approximate surface area is 160 Å². The van der Waals surface area contributed by atoms with E-state index in [-0.39, 0.29) is 17.0 Å². The van der Waals surface area contributed by atoms with Gasteiger partial charge in [0.1, 0.15) is 0 Å². The maximum Gasteiger partial charge on any atom is 0.336 e. The van der Waals surface area contributed by atoms with Crippen molar-refractivity contribution in [2.24, 2.45) is 5.92 Å². The van der Waals surface area contributed by atoms with Gasteiger partial charge in [0.25, 0.3) is 0 Å². The zero-order valence-corrected chi connectivity index (χ0v) is 16.7. The molecule has 0 saturated carbocycles. The molecule has 1 aromatic carbocycles. The minimum absolute atomic E-state index is 0.0323. The van der Waals surface area contributed by atoms with Crippen molar-refractivity contribution in [2.45, 2.75) is 40.5 Å². The molecular weight excluding hydrogens is 346 g/mol. The lowest BCUT2D eigenvalue weighted by atomic mass is 9.81. The zero-order valence-electron chi connectivity index (χ0n) is 15.9. The Kier molecular flexibility index (Phi) is 7.51. The first-order chi connectivity index (χ1) is 12.5. The molecule has 140 valence electrons. The highest BCUT2D eigenvalue weighted by Crippen LogP contribution is 2.39. The number of carbonyl (C=O) groups excluding carboxylic acids is 2. The molecule has 1 aliphatic heterocycles. The molecule has 5 heteroatoms. The first-order valence-electron chi connectivity index (χ1n) is 9.16. The van der Waals surface area contributed by atoms with E-state index in [1.807, 2.05) is 44.2 Å². The first-order valence-corrected chi connectivity index (χ1v) is 10.1. The number of hydrogen-bond donors (Lipinski definition) is 1. The SMILES string of the molecule is CCCC1C(C(=O)SCC)=C(C)NC(c2ccccc2)=C1C(=O)OCC. The molecule has 0 aliphatic carbocycles. The molecule has 1 aliphatic rings. The third-order valence-electron chi connectivity index (χ3n) is 4.31. The van der Waals surface area contributed by atoms with Crippen molar-refractivity contribution in [2.75, 3.05) is 12.4 Å². The van der Waals surface area contributed by atoms with Crippen molar-refractivity contribution in [3.63, 3.8) is 0 Å². The third kappa shape index (κ3) is 4.39. The molecule has 1 unspecified atom stereocenters. The maximum absolute atomic E-state index is 12.8. The van der Waals surface area contributed by atoms with Crippen molar-refractivity contribution in [3.8, 4) is 0 Å².